The van der Waals surface area contributed by atoms with Gasteiger partial charge in [0.05, 0.1) is 0 Å². The minimum absolute atomic E-state index is 0.328. The molecule has 5 nitrogen and oxygen atoms in total. The summed E-state index contributed by atoms with van der Waals surface area (Å²) in [6, 6.07) is 0. The molecule has 1 aliphatic heterocycles. The highest BCUT2D eigenvalue weighted by atomic mass is 32.2. The Morgan fingerprint density at radius 3 is 2.16 bits per heavy atom. The number of rotatable bonds is 5. The first-order chi connectivity index (χ1) is 9.07. The van der Waals surface area contributed by atoms with Crippen molar-refractivity contribution in [1.29, 1.82) is 0 Å². The molecule has 0 amide bonds. The molecule has 2 N–H and O–H groups in total. The second-order valence-electron chi connectivity index (χ2n) is 5.77. The lowest BCUT2D eigenvalue weighted by Crippen LogP contribution is -2.58. The lowest BCUT2D eigenvalue weighted by Gasteiger charge is -2.42. The van der Waals surface area contributed by atoms with Gasteiger partial charge in [0, 0.05) is 31.7 Å². The Labute approximate surface area is 117 Å². The normalized spacial score (nSPS) is 25.0. The van der Waals surface area contributed by atoms with Gasteiger partial charge in [0.15, 0.2) is 0 Å². The fourth-order valence-electron chi connectivity index (χ4n) is 3.57. The zero-order valence-electron chi connectivity index (χ0n) is 12.0. The van der Waals surface area contributed by atoms with Crippen molar-refractivity contribution in [2.75, 3.05) is 26.2 Å². The Morgan fingerprint density at radius 1 is 1.11 bits per heavy atom. The summed E-state index contributed by atoms with van der Waals surface area (Å²) in [4.78, 5) is 0. The standard InChI is InChI=1S/C13H27N3O2S/c1-2-16(13(12-14)8-4-5-9-13)19(17,18)15-10-6-3-7-11-15/h2-12,14H2,1H3. The lowest BCUT2D eigenvalue weighted by molar-refractivity contribution is 0.184. The van der Waals surface area contributed by atoms with Crippen LogP contribution in [0.1, 0.15) is 51.9 Å². The van der Waals surface area contributed by atoms with Crippen LogP contribution >= 0.6 is 0 Å². The quantitative estimate of drug-likeness (QED) is 0.830. The zero-order valence-corrected chi connectivity index (χ0v) is 12.8. The molecule has 2 aliphatic rings. The number of hydrogen-bond donors (Lipinski definition) is 1. The largest absolute Gasteiger partial charge is 0.329 e. The van der Waals surface area contributed by atoms with Crippen LogP contribution < -0.4 is 5.73 Å². The molecule has 0 spiro atoms. The minimum Gasteiger partial charge on any atom is -0.329 e. The van der Waals surface area contributed by atoms with Crippen LogP contribution in [0.2, 0.25) is 0 Å². The maximum atomic E-state index is 12.9. The second kappa shape index (κ2) is 6.08. The van der Waals surface area contributed by atoms with Crippen molar-refractivity contribution in [2.45, 2.75) is 57.4 Å². The topological polar surface area (TPSA) is 66.6 Å². The Morgan fingerprint density at radius 2 is 1.68 bits per heavy atom. The summed E-state index contributed by atoms with van der Waals surface area (Å²) in [7, 11) is -3.34. The molecular weight excluding hydrogens is 262 g/mol. The minimum atomic E-state index is -3.34. The third-order valence-corrected chi connectivity index (χ3v) is 6.87. The van der Waals surface area contributed by atoms with Crippen molar-refractivity contribution in [3.63, 3.8) is 0 Å². The van der Waals surface area contributed by atoms with Crippen molar-refractivity contribution >= 4 is 10.2 Å². The van der Waals surface area contributed by atoms with Crippen LogP contribution in [0.15, 0.2) is 0 Å². The van der Waals surface area contributed by atoms with E-state index < -0.39 is 10.2 Å². The highest BCUT2D eigenvalue weighted by Crippen LogP contribution is 2.37. The van der Waals surface area contributed by atoms with E-state index in [1.54, 1.807) is 8.61 Å². The van der Waals surface area contributed by atoms with E-state index in [9.17, 15) is 8.42 Å². The van der Waals surface area contributed by atoms with Crippen LogP contribution in [0.4, 0.5) is 0 Å². The molecule has 0 aromatic rings. The van der Waals surface area contributed by atoms with E-state index in [0.717, 1.165) is 44.9 Å². The van der Waals surface area contributed by atoms with Crippen molar-refractivity contribution in [1.82, 2.24) is 8.61 Å². The number of hydrogen-bond acceptors (Lipinski definition) is 3. The van der Waals surface area contributed by atoms with Gasteiger partial charge in [-0.1, -0.05) is 26.2 Å². The van der Waals surface area contributed by atoms with Crippen molar-refractivity contribution in [2.24, 2.45) is 5.73 Å². The number of likely N-dealkylation sites (N-methyl/N-ethyl adjacent to an activating group) is 1. The molecule has 19 heavy (non-hydrogen) atoms. The molecule has 2 rings (SSSR count). The molecule has 6 heteroatoms. The molecule has 112 valence electrons. The van der Waals surface area contributed by atoms with Gasteiger partial charge in [-0.25, -0.2) is 0 Å². The van der Waals surface area contributed by atoms with Crippen LogP contribution in [0.25, 0.3) is 0 Å². The van der Waals surface area contributed by atoms with Crippen molar-refractivity contribution in [3.8, 4) is 0 Å². The van der Waals surface area contributed by atoms with Crippen LogP contribution in [0.3, 0.4) is 0 Å². The summed E-state index contributed by atoms with van der Waals surface area (Å²) in [6.45, 7) is 4.22. The maximum absolute atomic E-state index is 12.9. The van der Waals surface area contributed by atoms with Crippen LogP contribution in [-0.4, -0.2) is 48.7 Å². The molecule has 1 heterocycles. The fourth-order valence-corrected chi connectivity index (χ4v) is 5.64. The van der Waals surface area contributed by atoms with Crippen LogP contribution in [-0.2, 0) is 10.2 Å². The monoisotopic (exact) mass is 289 g/mol. The smallest absolute Gasteiger partial charge is 0.282 e. The molecule has 0 atom stereocenters. The molecule has 2 fully saturated rings. The Balaban J connectivity index is 2.24. The maximum Gasteiger partial charge on any atom is 0.282 e. The van der Waals surface area contributed by atoms with Crippen molar-refractivity contribution < 1.29 is 8.42 Å². The number of nitrogens with two attached hydrogens (primary N) is 1. The van der Waals surface area contributed by atoms with E-state index in [1.807, 2.05) is 6.92 Å². The fraction of sp³-hybridized carbons (Fsp3) is 1.00. The third kappa shape index (κ3) is 2.82. The molecule has 0 aromatic heterocycles. The van der Waals surface area contributed by atoms with Gasteiger partial charge in [-0.3, -0.25) is 0 Å². The lowest BCUT2D eigenvalue weighted by atomic mass is 9.98. The molecule has 0 aromatic carbocycles. The molecule has 0 radical (unpaired) electrons. The van der Waals surface area contributed by atoms with E-state index in [2.05, 4.69) is 0 Å². The van der Waals surface area contributed by atoms with Gasteiger partial charge in [0.1, 0.15) is 0 Å². The molecule has 0 unspecified atom stereocenters. The molecule has 1 saturated heterocycles. The van der Waals surface area contributed by atoms with Gasteiger partial charge in [-0.2, -0.15) is 17.0 Å². The summed E-state index contributed by atoms with van der Waals surface area (Å²) < 4.78 is 29.1. The summed E-state index contributed by atoms with van der Waals surface area (Å²) in [6.07, 6.45) is 7.08. The zero-order chi connectivity index (χ0) is 13.9. The predicted octanol–water partition coefficient (Wildman–Crippen LogP) is 1.31. The summed E-state index contributed by atoms with van der Waals surface area (Å²) in [5.74, 6) is 0. The van der Waals surface area contributed by atoms with Gasteiger partial charge >= 0.3 is 0 Å². The third-order valence-electron chi connectivity index (χ3n) is 4.65. The van der Waals surface area contributed by atoms with E-state index in [1.165, 1.54) is 0 Å². The highest BCUT2D eigenvalue weighted by molar-refractivity contribution is 7.86. The Kier molecular flexibility index (Phi) is 4.87. The van der Waals surface area contributed by atoms with E-state index in [0.29, 0.717) is 26.2 Å². The van der Waals surface area contributed by atoms with Crippen molar-refractivity contribution in [3.05, 3.63) is 0 Å². The van der Waals surface area contributed by atoms with Crippen LogP contribution in [0, 0.1) is 0 Å². The van der Waals surface area contributed by atoms with E-state index in [4.69, 9.17) is 5.73 Å². The van der Waals surface area contributed by atoms with Gasteiger partial charge < -0.3 is 5.73 Å². The van der Waals surface area contributed by atoms with Crippen LogP contribution in [0.5, 0.6) is 0 Å². The van der Waals surface area contributed by atoms with Gasteiger partial charge in [-0.05, 0) is 25.7 Å². The summed E-state index contributed by atoms with van der Waals surface area (Å²) in [5.41, 5.74) is 5.62. The molecule has 0 bridgehead atoms. The van der Waals surface area contributed by atoms with Gasteiger partial charge in [-0.15, -0.1) is 0 Å². The average Bonchev–Trinajstić information content (AvgIpc) is 2.90. The first-order valence-electron chi connectivity index (χ1n) is 7.55. The number of piperidine rings is 1. The molecule has 1 aliphatic carbocycles. The average molecular weight is 289 g/mol. The first kappa shape index (κ1) is 15.2. The Hall–Kier alpha value is -0.170. The number of nitrogens with zero attached hydrogens (tertiary/aromatic N) is 2. The van der Waals surface area contributed by atoms with Gasteiger partial charge in [0.25, 0.3) is 10.2 Å². The summed E-state index contributed by atoms with van der Waals surface area (Å²) >= 11 is 0. The Bertz CT molecular complexity index is 385. The van der Waals surface area contributed by atoms with Gasteiger partial charge in [0.2, 0.25) is 0 Å². The molecule has 1 saturated carbocycles. The molecular formula is C13H27N3O2S. The van der Waals surface area contributed by atoms with E-state index in [-0.39, 0.29) is 5.54 Å². The SMILES string of the molecule is CCN(C1(CN)CCCC1)S(=O)(=O)N1CCCCC1. The predicted molar refractivity (Wildman–Crippen MR) is 77.0 cm³/mol. The van der Waals surface area contributed by atoms with E-state index >= 15 is 0 Å². The second-order valence-corrected chi connectivity index (χ2v) is 7.62. The highest BCUT2D eigenvalue weighted by Gasteiger charge is 2.45. The summed E-state index contributed by atoms with van der Waals surface area (Å²) in [5, 5.41) is 0. The first-order valence-corrected chi connectivity index (χ1v) is 8.94.